The first-order valence-corrected chi connectivity index (χ1v) is 11.5. The Hall–Kier alpha value is -2.45. The van der Waals surface area contributed by atoms with Crippen molar-refractivity contribution in [2.75, 3.05) is 31.5 Å². The van der Waals surface area contributed by atoms with Crippen molar-refractivity contribution in [2.45, 2.75) is 31.1 Å². The zero-order valence-electron chi connectivity index (χ0n) is 16.3. The number of carbonyl (C=O) groups is 2. The van der Waals surface area contributed by atoms with Crippen LogP contribution in [0, 0.1) is 5.41 Å². The first-order valence-electron chi connectivity index (χ1n) is 10.0. The highest BCUT2D eigenvalue weighted by Crippen LogP contribution is 2.44. The third-order valence-electron chi connectivity index (χ3n) is 6.52. The van der Waals surface area contributed by atoms with E-state index in [-0.39, 0.29) is 23.3 Å². The average molecular weight is 413 g/mol. The molecule has 1 N–H and O–H groups in total. The lowest BCUT2D eigenvalue weighted by atomic mass is 9.86. The number of hydrogen-bond donors (Lipinski definition) is 1. The lowest BCUT2D eigenvalue weighted by Crippen LogP contribution is -2.38. The average Bonchev–Trinajstić information content (AvgIpc) is 3.37. The zero-order chi connectivity index (χ0) is 20.4. The number of rotatable bonds is 4. The third kappa shape index (κ3) is 2.55. The van der Waals surface area contributed by atoms with Crippen molar-refractivity contribution in [3.63, 3.8) is 0 Å². The van der Waals surface area contributed by atoms with Crippen LogP contribution in [0.15, 0.2) is 35.2 Å². The number of nitrogens with one attached hydrogen (secondary N) is 1. The van der Waals surface area contributed by atoms with Crippen molar-refractivity contribution in [3.05, 3.63) is 35.9 Å². The molecule has 3 aliphatic rings. The molecule has 1 unspecified atom stereocenters. The lowest BCUT2D eigenvalue weighted by Gasteiger charge is -2.23. The van der Waals surface area contributed by atoms with Gasteiger partial charge in [0.15, 0.2) is 0 Å². The molecule has 2 aromatic carbocycles. The lowest BCUT2D eigenvalue weighted by molar-refractivity contribution is -0.135. The molecule has 8 heteroatoms. The molecular formula is C21H23N3O4S. The Labute approximate surface area is 169 Å². The van der Waals surface area contributed by atoms with Gasteiger partial charge in [0.25, 0.3) is 5.91 Å². The molecule has 0 aliphatic carbocycles. The molecule has 3 aliphatic heterocycles. The van der Waals surface area contributed by atoms with Gasteiger partial charge in [-0.3, -0.25) is 9.59 Å². The largest absolute Gasteiger partial charge is 0.342 e. The monoisotopic (exact) mass is 413 g/mol. The minimum atomic E-state index is -3.78. The van der Waals surface area contributed by atoms with Gasteiger partial charge in [-0.1, -0.05) is 19.1 Å². The highest BCUT2D eigenvalue weighted by Gasteiger charge is 2.53. The zero-order valence-corrected chi connectivity index (χ0v) is 17.1. The van der Waals surface area contributed by atoms with E-state index in [1.54, 1.807) is 30.3 Å². The van der Waals surface area contributed by atoms with Crippen molar-refractivity contribution < 1.29 is 18.0 Å². The molecule has 7 nitrogen and oxygen atoms in total. The molecule has 0 bridgehead atoms. The normalized spacial score (nSPS) is 24.2. The Balaban J connectivity index is 1.52. The van der Waals surface area contributed by atoms with Crippen LogP contribution in [0.5, 0.6) is 0 Å². The van der Waals surface area contributed by atoms with Crippen molar-refractivity contribution in [1.82, 2.24) is 9.21 Å². The van der Waals surface area contributed by atoms with Gasteiger partial charge in [0.2, 0.25) is 15.9 Å². The number of anilines is 1. The molecule has 1 atom stereocenters. The Morgan fingerprint density at radius 3 is 2.69 bits per heavy atom. The number of carbonyl (C=O) groups excluding carboxylic acids is 2. The Morgan fingerprint density at radius 2 is 1.90 bits per heavy atom. The van der Waals surface area contributed by atoms with E-state index in [1.165, 1.54) is 4.31 Å². The standard InChI is InChI=1S/C21H23N3O4S/c1-2-10-23-11-8-21(20(23)26)9-12-24(13-21)29(27,28)17-7-6-16-18-14(17)4-3-5-15(18)19(25)22-16/h3-7H,2,8-13H2,1H3,(H,22,25). The molecule has 3 heterocycles. The van der Waals surface area contributed by atoms with E-state index in [0.29, 0.717) is 48.0 Å². The van der Waals surface area contributed by atoms with Crippen LogP contribution in [0.4, 0.5) is 5.69 Å². The van der Waals surface area contributed by atoms with Gasteiger partial charge in [0.1, 0.15) is 0 Å². The Morgan fingerprint density at radius 1 is 1.10 bits per heavy atom. The molecule has 2 fully saturated rings. The molecule has 2 aromatic rings. The molecule has 152 valence electrons. The molecular weight excluding hydrogens is 390 g/mol. The summed E-state index contributed by atoms with van der Waals surface area (Å²) in [5, 5.41) is 3.98. The second-order valence-corrected chi connectivity index (χ2v) is 10.1. The van der Waals surface area contributed by atoms with Crippen LogP contribution in [0.1, 0.15) is 36.5 Å². The second kappa shape index (κ2) is 6.27. The maximum Gasteiger partial charge on any atom is 0.256 e. The number of amides is 2. The van der Waals surface area contributed by atoms with E-state index < -0.39 is 15.4 Å². The number of likely N-dealkylation sites (tertiary alicyclic amines) is 1. The highest BCUT2D eigenvalue weighted by molar-refractivity contribution is 7.89. The van der Waals surface area contributed by atoms with Crippen LogP contribution in [0.3, 0.4) is 0 Å². The molecule has 2 amide bonds. The molecule has 0 radical (unpaired) electrons. The predicted molar refractivity (Wildman–Crippen MR) is 109 cm³/mol. The maximum absolute atomic E-state index is 13.5. The number of nitrogens with zero attached hydrogens (tertiary/aromatic N) is 2. The number of benzene rings is 2. The molecule has 29 heavy (non-hydrogen) atoms. The van der Waals surface area contributed by atoms with E-state index >= 15 is 0 Å². The summed E-state index contributed by atoms with van der Waals surface area (Å²) in [4.78, 5) is 27.1. The summed E-state index contributed by atoms with van der Waals surface area (Å²) in [6, 6.07) is 8.37. The molecule has 0 aromatic heterocycles. The summed E-state index contributed by atoms with van der Waals surface area (Å²) in [5.74, 6) is -0.125. The van der Waals surface area contributed by atoms with Gasteiger partial charge in [-0.25, -0.2) is 8.42 Å². The molecule has 2 saturated heterocycles. The first-order chi connectivity index (χ1) is 13.9. The summed E-state index contributed by atoms with van der Waals surface area (Å²) in [7, 11) is -3.78. The Bertz CT molecular complexity index is 1160. The van der Waals surface area contributed by atoms with Gasteiger partial charge in [-0.15, -0.1) is 0 Å². The Kier molecular flexibility index (Phi) is 4.02. The maximum atomic E-state index is 13.5. The van der Waals surface area contributed by atoms with Crippen LogP contribution >= 0.6 is 0 Å². The van der Waals surface area contributed by atoms with Gasteiger partial charge >= 0.3 is 0 Å². The fourth-order valence-corrected chi connectivity index (χ4v) is 6.74. The minimum Gasteiger partial charge on any atom is -0.342 e. The topological polar surface area (TPSA) is 86.8 Å². The van der Waals surface area contributed by atoms with Crippen molar-refractivity contribution in [3.8, 4) is 0 Å². The summed E-state index contributed by atoms with van der Waals surface area (Å²) >= 11 is 0. The van der Waals surface area contributed by atoms with E-state index in [4.69, 9.17) is 0 Å². The van der Waals surface area contributed by atoms with Crippen molar-refractivity contribution >= 4 is 38.3 Å². The van der Waals surface area contributed by atoms with E-state index in [2.05, 4.69) is 5.32 Å². The van der Waals surface area contributed by atoms with Crippen molar-refractivity contribution in [2.24, 2.45) is 5.41 Å². The van der Waals surface area contributed by atoms with Gasteiger partial charge < -0.3 is 10.2 Å². The summed E-state index contributed by atoms with van der Waals surface area (Å²) < 4.78 is 28.5. The molecule has 0 saturated carbocycles. The second-order valence-electron chi connectivity index (χ2n) is 8.20. The summed E-state index contributed by atoms with van der Waals surface area (Å²) in [6.45, 7) is 4.04. The van der Waals surface area contributed by atoms with E-state index in [0.717, 1.165) is 13.0 Å². The first kappa shape index (κ1) is 18.6. The SMILES string of the molecule is CCCN1CCC2(CCN(S(=O)(=O)c3ccc4c5c(cccc35)C(=O)N4)C2)C1=O. The summed E-state index contributed by atoms with van der Waals surface area (Å²) in [5.41, 5.74) is 0.543. The van der Waals surface area contributed by atoms with Gasteiger partial charge in [0, 0.05) is 48.2 Å². The van der Waals surface area contributed by atoms with Crippen LogP contribution < -0.4 is 5.32 Å². The van der Waals surface area contributed by atoms with Gasteiger partial charge in [-0.2, -0.15) is 4.31 Å². The fraction of sp³-hybridized carbons (Fsp3) is 0.429. The van der Waals surface area contributed by atoms with Crippen LogP contribution in [-0.4, -0.2) is 55.6 Å². The van der Waals surface area contributed by atoms with Gasteiger partial charge in [0.05, 0.1) is 10.3 Å². The quantitative estimate of drug-likeness (QED) is 0.834. The highest BCUT2D eigenvalue weighted by atomic mass is 32.2. The predicted octanol–water partition coefficient (Wildman–Crippen LogP) is 2.43. The number of sulfonamides is 1. The smallest absolute Gasteiger partial charge is 0.256 e. The van der Waals surface area contributed by atoms with Crippen molar-refractivity contribution in [1.29, 1.82) is 0 Å². The molecule has 1 spiro atoms. The minimum absolute atomic E-state index is 0.0901. The molecule has 5 rings (SSSR count). The number of hydrogen-bond acceptors (Lipinski definition) is 4. The van der Waals surface area contributed by atoms with E-state index in [9.17, 15) is 18.0 Å². The summed E-state index contributed by atoms with van der Waals surface area (Å²) in [6.07, 6.45) is 2.17. The van der Waals surface area contributed by atoms with Crippen LogP contribution in [-0.2, 0) is 14.8 Å². The van der Waals surface area contributed by atoms with Crippen LogP contribution in [0.25, 0.3) is 10.8 Å². The van der Waals surface area contributed by atoms with Gasteiger partial charge in [-0.05, 0) is 37.5 Å². The fourth-order valence-electron chi connectivity index (χ4n) is 5.02. The van der Waals surface area contributed by atoms with E-state index in [1.807, 2.05) is 11.8 Å². The van der Waals surface area contributed by atoms with Crippen LogP contribution in [0.2, 0.25) is 0 Å². The third-order valence-corrected chi connectivity index (χ3v) is 8.43.